The molecule has 0 spiro atoms. The highest BCUT2D eigenvalue weighted by atomic mass is 16.5. The lowest BCUT2D eigenvalue weighted by atomic mass is 10.0. The number of aryl methyl sites for hydroxylation is 3. The van der Waals surface area contributed by atoms with E-state index in [0.717, 1.165) is 40.2 Å². The molecule has 1 heterocycles. The standard InChI is InChI=1S/C24H30N2O2/c1-17-9-5-6-10-22(17)20(4)24(27)25-21-15-18(2)23(19(3)16-21)28-14-13-26-11-7-8-12-26/h5-6,9-10,15-16H,4,7-8,11-14H2,1-3H3,(H,25,27). The Morgan fingerprint density at radius 3 is 2.36 bits per heavy atom. The lowest BCUT2D eigenvalue weighted by molar-refractivity contribution is -0.111. The van der Waals surface area contributed by atoms with E-state index >= 15 is 0 Å². The average molecular weight is 379 g/mol. The maximum Gasteiger partial charge on any atom is 0.255 e. The van der Waals surface area contributed by atoms with Crippen LogP contribution in [-0.2, 0) is 4.79 Å². The molecule has 0 saturated carbocycles. The van der Waals surface area contributed by atoms with Gasteiger partial charge >= 0.3 is 0 Å². The van der Waals surface area contributed by atoms with Crippen molar-refractivity contribution in [1.82, 2.24) is 4.90 Å². The Morgan fingerprint density at radius 2 is 1.71 bits per heavy atom. The molecule has 1 saturated heterocycles. The van der Waals surface area contributed by atoms with Gasteiger partial charge in [-0.15, -0.1) is 0 Å². The molecule has 3 rings (SSSR count). The average Bonchev–Trinajstić information content (AvgIpc) is 3.17. The molecule has 0 bridgehead atoms. The van der Waals surface area contributed by atoms with E-state index in [9.17, 15) is 4.79 Å². The summed E-state index contributed by atoms with van der Waals surface area (Å²) in [6, 6.07) is 11.7. The zero-order chi connectivity index (χ0) is 20.1. The molecule has 0 atom stereocenters. The fraction of sp³-hybridized carbons (Fsp3) is 0.375. The molecule has 2 aromatic rings. The number of hydrogen-bond donors (Lipinski definition) is 1. The van der Waals surface area contributed by atoms with Gasteiger partial charge in [0.05, 0.1) is 0 Å². The number of hydrogen-bond acceptors (Lipinski definition) is 3. The highest BCUT2D eigenvalue weighted by molar-refractivity contribution is 6.24. The van der Waals surface area contributed by atoms with Crippen LogP contribution in [0.1, 0.15) is 35.1 Å². The van der Waals surface area contributed by atoms with Gasteiger partial charge in [0.25, 0.3) is 5.91 Å². The first-order valence-corrected chi connectivity index (χ1v) is 9.98. The summed E-state index contributed by atoms with van der Waals surface area (Å²) in [6.45, 7) is 14.0. The molecule has 1 aliphatic rings. The third-order valence-electron chi connectivity index (χ3n) is 5.32. The molecule has 1 fully saturated rings. The smallest absolute Gasteiger partial charge is 0.255 e. The van der Waals surface area contributed by atoms with E-state index in [0.29, 0.717) is 12.2 Å². The van der Waals surface area contributed by atoms with Crippen molar-refractivity contribution >= 4 is 17.2 Å². The molecule has 2 aromatic carbocycles. The Kier molecular flexibility index (Phi) is 6.53. The van der Waals surface area contributed by atoms with Gasteiger partial charge in [0.15, 0.2) is 0 Å². The Morgan fingerprint density at radius 1 is 1.07 bits per heavy atom. The van der Waals surface area contributed by atoms with Crippen LogP contribution in [0, 0.1) is 20.8 Å². The number of amides is 1. The van der Waals surface area contributed by atoms with Crippen LogP contribution in [0.5, 0.6) is 5.75 Å². The number of nitrogens with zero attached hydrogens (tertiary/aromatic N) is 1. The van der Waals surface area contributed by atoms with E-state index in [-0.39, 0.29) is 5.91 Å². The second-order valence-electron chi connectivity index (χ2n) is 7.58. The SMILES string of the molecule is C=C(C(=O)Nc1cc(C)c(OCCN2CCCC2)c(C)c1)c1ccccc1C. The first kappa shape index (κ1) is 20.2. The zero-order valence-electron chi connectivity index (χ0n) is 17.2. The summed E-state index contributed by atoms with van der Waals surface area (Å²) in [5.41, 5.74) is 5.20. The van der Waals surface area contributed by atoms with Gasteiger partial charge in [0, 0.05) is 17.8 Å². The van der Waals surface area contributed by atoms with E-state index in [1.807, 2.05) is 57.2 Å². The number of likely N-dealkylation sites (tertiary alicyclic amines) is 1. The van der Waals surface area contributed by atoms with Crippen LogP contribution in [0.4, 0.5) is 5.69 Å². The first-order chi connectivity index (χ1) is 13.5. The van der Waals surface area contributed by atoms with Crippen LogP contribution in [0.2, 0.25) is 0 Å². The molecular weight excluding hydrogens is 348 g/mol. The van der Waals surface area contributed by atoms with Crippen molar-refractivity contribution < 1.29 is 9.53 Å². The van der Waals surface area contributed by atoms with Crippen LogP contribution in [-0.4, -0.2) is 37.0 Å². The van der Waals surface area contributed by atoms with Crippen molar-refractivity contribution in [3.05, 3.63) is 65.2 Å². The molecule has 4 heteroatoms. The Bertz CT molecular complexity index is 844. The van der Waals surface area contributed by atoms with Crippen molar-refractivity contribution in [1.29, 1.82) is 0 Å². The van der Waals surface area contributed by atoms with Crippen LogP contribution in [0.15, 0.2) is 43.0 Å². The summed E-state index contributed by atoms with van der Waals surface area (Å²) >= 11 is 0. The Hall–Kier alpha value is -2.59. The number of anilines is 1. The van der Waals surface area contributed by atoms with Crippen molar-refractivity contribution in [3.63, 3.8) is 0 Å². The predicted octanol–water partition coefficient (Wildman–Crippen LogP) is 4.74. The molecule has 0 aromatic heterocycles. The lowest BCUT2D eigenvalue weighted by Crippen LogP contribution is -2.25. The molecule has 28 heavy (non-hydrogen) atoms. The van der Waals surface area contributed by atoms with Crippen molar-refractivity contribution in [2.24, 2.45) is 0 Å². The normalized spacial score (nSPS) is 14.1. The van der Waals surface area contributed by atoms with E-state index in [4.69, 9.17) is 4.74 Å². The maximum absolute atomic E-state index is 12.6. The highest BCUT2D eigenvalue weighted by Gasteiger charge is 2.15. The summed E-state index contributed by atoms with van der Waals surface area (Å²) in [4.78, 5) is 15.1. The second-order valence-corrected chi connectivity index (χ2v) is 7.58. The minimum absolute atomic E-state index is 0.184. The van der Waals surface area contributed by atoms with Gasteiger partial charge in [-0.25, -0.2) is 0 Å². The molecule has 0 radical (unpaired) electrons. The summed E-state index contributed by atoms with van der Waals surface area (Å²) in [6.07, 6.45) is 2.58. The van der Waals surface area contributed by atoms with Crippen LogP contribution < -0.4 is 10.1 Å². The van der Waals surface area contributed by atoms with Crippen molar-refractivity contribution in [2.45, 2.75) is 33.6 Å². The van der Waals surface area contributed by atoms with Crippen molar-refractivity contribution in [2.75, 3.05) is 31.6 Å². The van der Waals surface area contributed by atoms with Gasteiger partial charge in [0.2, 0.25) is 0 Å². The van der Waals surface area contributed by atoms with Gasteiger partial charge < -0.3 is 10.1 Å². The molecule has 0 aliphatic carbocycles. The number of benzene rings is 2. The molecule has 4 nitrogen and oxygen atoms in total. The quantitative estimate of drug-likeness (QED) is 0.708. The van der Waals surface area contributed by atoms with Gasteiger partial charge in [-0.1, -0.05) is 30.8 Å². The minimum Gasteiger partial charge on any atom is -0.492 e. The van der Waals surface area contributed by atoms with Crippen LogP contribution in [0.25, 0.3) is 5.57 Å². The summed E-state index contributed by atoms with van der Waals surface area (Å²) in [7, 11) is 0. The molecule has 1 N–H and O–H groups in total. The van der Waals surface area contributed by atoms with E-state index in [1.165, 1.54) is 25.9 Å². The monoisotopic (exact) mass is 378 g/mol. The number of ether oxygens (including phenoxy) is 1. The summed E-state index contributed by atoms with van der Waals surface area (Å²) in [5.74, 6) is 0.728. The van der Waals surface area contributed by atoms with Gasteiger partial charge in [-0.3, -0.25) is 9.69 Å². The molecule has 0 unspecified atom stereocenters. The van der Waals surface area contributed by atoms with E-state index < -0.39 is 0 Å². The Balaban J connectivity index is 1.63. The minimum atomic E-state index is -0.184. The zero-order valence-corrected chi connectivity index (χ0v) is 17.2. The van der Waals surface area contributed by atoms with Crippen LogP contribution in [0.3, 0.4) is 0 Å². The fourth-order valence-electron chi connectivity index (χ4n) is 3.77. The predicted molar refractivity (Wildman–Crippen MR) is 116 cm³/mol. The number of nitrogens with one attached hydrogen (secondary N) is 1. The fourth-order valence-corrected chi connectivity index (χ4v) is 3.77. The van der Waals surface area contributed by atoms with Gasteiger partial charge in [-0.2, -0.15) is 0 Å². The Labute approximate surface area is 168 Å². The number of rotatable bonds is 7. The van der Waals surface area contributed by atoms with Gasteiger partial charge in [0.1, 0.15) is 12.4 Å². The van der Waals surface area contributed by atoms with E-state index in [1.54, 1.807) is 0 Å². The molecular formula is C24H30N2O2. The van der Waals surface area contributed by atoms with Crippen LogP contribution >= 0.6 is 0 Å². The van der Waals surface area contributed by atoms with E-state index in [2.05, 4.69) is 16.8 Å². The highest BCUT2D eigenvalue weighted by Crippen LogP contribution is 2.28. The topological polar surface area (TPSA) is 41.6 Å². The maximum atomic E-state index is 12.6. The molecule has 1 amide bonds. The van der Waals surface area contributed by atoms with Crippen molar-refractivity contribution in [3.8, 4) is 5.75 Å². The summed E-state index contributed by atoms with van der Waals surface area (Å²) in [5, 5.41) is 2.97. The summed E-state index contributed by atoms with van der Waals surface area (Å²) < 4.78 is 6.05. The third kappa shape index (κ3) is 4.82. The lowest BCUT2D eigenvalue weighted by Gasteiger charge is -2.18. The second kappa shape index (κ2) is 9.07. The number of carbonyl (C=O) groups is 1. The molecule has 148 valence electrons. The number of carbonyl (C=O) groups excluding carboxylic acids is 1. The first-order valence-electron chi connectivity index (χ1n) is 9.98. The molecule has 1 aliphatic heterocycles. The largest absolute Gasteiger partial charge is 0.492 e. The third-order valence-corrected chi connectivity index (χ3v) is 5.32. The van der Waals surface area contributed by atoms with Gasteiger partial charge in [-0.05, 0) is 81.1 Å².